The molecule has 28 heavy (non-hydrogen) atoms. The third kappa shape index (κ3) is 3.81. The summed E-state index contributed by atoms with van der Waals surface area (Å²) in [7, 11) is 1.64. The molecule has 4 rings (SSSR count). The van der Waals surface area contributed by atoms with Gasteiger partial charge in [0.15, 0.2) is 5.76 Å². The van der Waals surface area contributed by atoms with Crippen molar-refractivity contribution in [2.24, 2.45) is 0 Å². The largest absolute Gasteiger partial charge is 0.451 e. The standard InChI is InChI=1S/C23H26N2O3/c1-17-6-5-7-18(14-17)15-24-10-12-25(13-11-24)23(26)22-20(16-27-2)19-8-3-4-9-21(19)28-22/h3-9,14H,10-13,15-16H2,1-2H3/p+1. The Hall–Kier alpha value is -2.63. The number of para-hydroxylation sites is 1. The quantitative estimate of drug-likeness (QED) is 0.741. The first-order valence-corrected chi connectivity index (χ1v) is 9.83. The summed E-state index contributed by atoms with van der Waals surface area (Å²) in [4.78, 5) is 16.6. The van der Waals surface area contributed by atoms with Crippen molar-refractivity contribution in [3.05, 3.63) is 71.0 Å². The second-order valence-corrected chi connectivity index (χ2v) is 7.55. The highest BCUT2D eigenvalue weighted by molar-refractivity contribution is 5.99. The van der Waals surface area contributed by atoms with Crippen LogP contribution in [0.5, 0.6) is 0 Å². The third-order valence-corrected chi connectivity index (χ3v) is 5.48. The van der Waals surface area contributed by atoms with Crippen LogP contribution in [0.3, 0.4) is 0 Å². The fourth-order valence-corrected chi connectivity index (χ4v) is 4.02. The number of ether oxygens (including phenoxy) is 1. The number of nitrogens with zero attached hydrogens (tertiary/aromatic N) is 1. The maximum Gasteiger partial charge on any atom is 0.290 e. The molecule has 0 saturated carbocycles. The minimum absolute atomic E-state index is 0.0298. The van der Waals surface area contributed by atoms with Crippen molar-refractivity contribution in [1.82, 2.24) is 4.90 Å². The number of nitrogens with one attached hydrogen (secondary N) is 1. The third-order valence-electron chi connectivity index (χ3n) is 5.48. The molecular weight excluding hydrogens is 352 g/mol. The minimum Gasteiger partial charge on any atom is -0.451 e. The number of rotatable bonds is 5. The molecule has 146 valence electrons. The van der Waals surface area contributed by atoms with Crippen molar-refractivity contribution >= 4 is 16.9 Å². The number of methoxy groups -OCH3 is 1. The number of piperazine rings is 1. The molecule has 1 aliphatic heterocycles. The molecule has 0 radical (unpaired) electrons. The number of carbonyl (C=O) groups excluding carboxylic acids is 1. The van der Waals surface area contributed by atoms with Gasteiger partial charge in [-0.25, -0.2) is 0 Å². The normalized spacial score (nSPS) is 15.3. The van der Waals surface area contributed by atoms with Crippen LogP contribution in [0.25, 0.3) is 11.0 Å². The highest BCUT2D eigenvalue weighted by atomic mass is 16.5. The van der Waals surface area contributed by atoms with E-state index >= 15 is 0 Å². The molecule has 1 amide bonds. The average molecular weight is 379 g/mol. The Morgan fingerprint density at radius 2 is 1.93 bits per heavy atom. The SMILES string of the molecule is COCc1c(C(=O)N2CC[NH+](Cc3cccc(C)c3)CC2)oc2ccccc12. The van der Waals surface area contributed by atoms with Crippen molar-refractivity contribution < 1.29 is 18.8 Å². The molecule has 0 spiro atoms. The van der Waals surface area contributed by atoms with E-state index in [0.29, 0.717) is 12.4 Å². The van der Waals surface area contributed by atoms with Crippen LogP contribution in [0.4, 0.5) is 0 Å². The number of amides is 1. The number of fused-ring (bicyclic) bond motifs is 1. The zero-order chi connectivity index (χ0) is 19.5. The number of hydrogen-bond donors (Lipinski definition) is 1. The van der Waals surface area contributed by atoms with Gasteiger partial charge in [0, 0.05) is 23.6 Å². The number of furan rings is 1. The number of benzene rings is 2. The Morgan fingerprint density at radius 1 is 1.14 bits per heavy atom. The number of quaternary nitrogens is 1. The summed E-state index contributed by atoms with van der Waals surface area (Å²) in [6, 6.07) is 16.4. The van der Waals surface area contributed by atoms with Crippen molar-refractivity contribution in [2.45, 2.75) is 20.1 Å². The maximum absolute atomic E-state index is 13.1. The predicted octanol–water partition coefficient (Wildman–Crippen LogP) is 2.43. The highest BCUT2D eigenvalue weighted by Gasteiger charge is 2.29. The summed E-state index contributed by atoms with van der Waals surface area (Å²) in [6.45, 7) is 6.87. The lowest BCUT2D eigenvalue weighted by atomic mass is 10.1. The number of hydrogen-bond acceptors (Lipinski definition) is 3. The molecule has 2 aromatic carbocycles. The zero-order valence-corrected chi connectivity index (χ0v) is 16.5. The number of carbonyl (C=O) groups is 1. The van der Waals surface area contributed by atoms with Crippen LogP contribution in [0.2, 0.25) is 0 Å². The first kappa shape index (κ1) is 18.7. The van der Waals surface area contributed by atoms with Gasteiger partial charge in [0.2, 0.25) is 0 Å². The summed E-state index contributed by atoms with van der Waals surface area (Å²) in [6.07, 6.45) is 0. The molecule has 1 fully saturated rings. The van der Waals surface area contributed by atoms with Crippen molar-refractivity contribution in [1.29, 1.82) is 0 Å². The Morgan fingerprint density at radius 3 is 2.68 bits per heavy atom. The van der Waals surface area contributed by atoms with E-state index in [-0.39, 0.29) is 5.91 Å². The minimum atomic E-state index is -0.0298. The summed E-state index contributed by atoms with van der Waals surface area (Å²) in [5.41, 5.74) is 4.23. The predicted molar refractivity (Wildman–Crippen MR) is 108 cm³/mol. The lowest BCUT2D eigenvalue weighted by molar-refractivity contribution is -0.917. The topological polar surface area (TPSA) is 47.1 Å². The van der Waals surface area contributed by atoms with Gasteiger partial charge >= 0.3 is 0 Å². The van der Waals surface area contributed by atoms with E-state index in [1.54, 1.807) is 7.11 Å². The molecule has 5 nitrogen and oxygen atoms in total. The molecule has 5 heteroatoms. The summed E-state index contributed by atoms with van der Waals surface area (Å²) >= 11 is 0. The van der Waals surface area contributed by atoms with Crippen LogP contribution in [0, 0.1) is 6.92 Å². The molecule has 1 N–H and O–H groups in total. The molecule has 3 aromatic rings. The zero-order valence-electron chi connectivity index (χ0n) is 16.5. The molecule has 1 saturated heterocycles. The highest BCUT2D eigenvalue weighted by Crippen LogP contribution is 2.27. The van der Waals surface area contributed by atoms with Crippen molar-refractivity contribution in [3.8, 4) is 0 Å². The van der Waals surface area contributed by atoms with Crippen molar-refractivity contribution in [3.63, 3.8) is 0 Å². The summed E-state index contributed by atoms with van der Waals surface area (Å²) < 4.78 is 11.3. The van der Waals surface area contributed by atoms with Crippen LogP contribution in [0.15, 0.2) is 52.9 Å². The van der Waals surface area contributed by atoms with Gasteiger partial charge in [-0.3, -0.25) is 4.79 Å². The molecular formula is C23H27N2O3+. The van der Waals surface area contributed by atoms with Gasteiger partial charge in [-0.15, -0.1) is 0 Å². The van der Waals surface area contributed by atoms with E-state index < -0.39 is 0 Å². The van der Waals surface area contributed by atoms with Crippen LogP contribution < -0.4 is 4.90 Å². The molecule has 0 unspecified atom stereocenters. The Kier molecular flexibility index (Phi) is 5.46. The van der Waals surface area contributed by atoms with Gasteiger partial charge in [-0.1, -0.05) is 48.0 Å². The lowest BCUT2D eigenvalue weighted by Gasteiger charge is -2.32. The second kappa shape index (κ2) is 8.17. The molecule has 1 aromatic heterocycles. The van der Waals surface area contributed by atoms with Crippen molar-refractivity contribution in [2.75, 3.05) is 33.3 Å². The van der Waals surface area contributed by atoms with Gasteiger partial charge in [-0.05, 0) is 13.0 Å². The summed E-state index contributed by atoms with van der Waals surface area (Å²) in [5.74, 6) is 0.392. The first-order chi connectivity index (χ1) is 13.7. The van der Waals surface area contributed by atoms with Crippen LogP contribution in [-0.4, -0.2) is 44.1 Å². The molecule has 1 aliphatic rings. The van der Waals surface area contributed by atoms with E-state index in [4.69, 9.17) is 9.15 Å². The van der Waals surface area contributed by atoms with E-state index in [9.17, 15) is 4.79 Å². The Labute approximate surface area is 165 Å². The molecule has 0 bridgehead atoms. The van der Waals surface area contributed by atoms with Gasteiger partial charge in [0.05, 0.1) is 32.8 Å². The van der Waals surface area contributed by atoms with Gasteiger partial charge in [-0.2, -0.15) is 0 Å². The molecule has 2 heterocycles. The van der Waals surface area contributed by atoms with Gasteiger partial charge < -0.3 is 19.0 Å². The average Bonchev–Trinajstić information content (AvgIpc) is 3.07. The van der Waals surface area contributed by atoms with Crippen LogP contribution in [-0.2, 0) is 17.9 Å². The lowest BCUT2D eigenvalue weighted by Crippen LogP contribution is -3.13. The van der Waals surface area contributed by atoms with Gasteiger partial charge in [0.25, 0.3) is 5.91 Å². The van der Waals surface area contributed by atoms with Crippen LogP contribution in [0.1, 0.15) is 27.2 Å². The Bertz CT molecular complexity index is 971. The fraction of sp³-hybridized carbons (Fsp3) is 0.348. The maximum atomic E-state index is 13.1. The van der Waals surface area contributed by atoms with Gasteiger partial charge in [0.1, 0.15) is 12.1 Å². The fourth-order valence-electron chi connectivity index (χ4n) is 4.02. The van der Waals surface area contributed by atoms with E-state index in [2.05, 4.69) is 31.2 Å². The molecule has 0 atom stereocenters. The smallest absolute Gasteiger partial charge is 0.290 e. The monoisotopic (exact) mass is 379 g/mol. The van der Waals surface area contributed by atoms with E-state index in [1.807, 2.05) is 29.2 Å². The Balaban J connectivity index is 1.45. The van der Waals surface area contributed by atoms with E-state index in [0.717, 1.165) is 49.3 Å². The van der Waals surface area contributed by atoms with E-state index in [1.165, 1.54) is 16.0 Å². The summed E-state index contributed by atoms with van der Waals surface area (Å²) in [5, 5.41) is 0.955. The second-order valence-electron chi connectivity index (χ2n) is 7.55. The first-order valence-electron chi connectivity index (χ1n) is 9.83. The number of aryl methyl sites for hydroxylation is 1. The van der Waals surface area contributed by atoms with Crippen LogP contribution >= 0.6 is 0 Å². The molecule has 0 aliphatic carbocycles.